The largest absolute Gasteiger partial charge is 0.328 e. The molecule has 0 fully saturated rings. The molecule has 0 aromatic heterocycles. The summed E-state index contributed by atoms with van der Waals surface area (Å²) in [5.41, 5.74) is 10.7. The minimum Gasteiger partial charge on any atom is -0.328 e. The van der Waals surface area contributed by atoms with Crippen molar-refractivity contribution < 1.29 is 0 Å². The van der Waals surface area contributed by atoms with Gasteiger partial charge in [0.15, 0.2) is 0 Å². The summed E-state index contributed by atoms with van der Waals surface area (Å²) in [6.45, 7) is 2.38. The highest BCUT2D eigenvalue weighted by Crippen LogP contribution is 1.97. The third kappa shape index (κ3) is 1.78. The first-order valence-corrected chi connectivity index (χ1v) is 2.67. The molecule has 4 N–H and O–H groups in total. The fourth-order valence-electron chi connectivity index (χ4n) is 0.183. The van der Waals surface area contributed by atoms with Crippen molar-refractivity contribution >= 4 is 0 Å². The van der Waals surface area contributed by atoms with Gasteiger partial charge in [0.05, 0.1) is 5.66 Å². The molecule has 3 heteroatoms. The number of nitrogens with two attached hydrogens (primary N) is 2. The molecule has 0 aromatic carbocycles. The van der Waals surface area contributed by atoms with Gasteiger partial charge in [0.2, 0.25) is 0 Å². The Bertz CT molecular complexity index is 68.1. The van der Waals surface area contributed by atoms with Crippen molar-refractivity contribution in [1.82, 2.24) is 4.90 Å². The lowest BCUT2D eigenvalue weighted by Gasteiger charge is -2.30. The van der Waals surface area contributed by atoms with Crippen molar-refractivity contribution in [2.45, 2.75) is 12.6 Å². The maximum Gasteiger partial charge on any atom is 0.0779 e. The van der Waals surface area contributed by atoms with Gasteiger partial charge in [0, 0.05) is 6.54 Å². The Morgan fingerprint density at radius 3 is 1.88 bits per heavy atom. The van der Waals surface area contributed by atoms with Gasteiger partial charge in [-0.1, -0.05) is 0 Å². The molecule has 1 atom stereocenters. The topological polar surface area (TPSA) is 55.3 Å². The first kappa shape index (κ1) is 7.88. The Balaban J connectivity index is 3.71. The van der Waals surface area contributed by atoms with E-state index in [2.05, 4.69) is 0 Å². The van der Waals surface area contributed by atoms with Crippen LogP contribution in [0.2, 0.25) is 0 Å². The van der Waals surface area contributed by atoms with Crippen molar-refractivity contribution in [1.29, 1.82) is 0 Å². The van der Waals surface area contributed by atoms with E-state index < -0.39 is 0 Å². The minimum absolute atomic E-state index is 0.347. The summed E-state index contributed by atoms with van der Waals surface area (Å²) >= 11 is 0. The van der Waals surface area contributed by atoms with E-state index >= 15 is 0 Å². The maximum atomic E-state index is 5.66. The Morgan fingerprint density at radius 2 is 1.88 bits per heavy atom. The highest BCUT2D eigenvalue weighted by atomic mass is 15.2. The van der Waals surface area contributed by atoms with Crippen LogP contribution < -0.4 is 11.5 Å². The van der Waals surface area contributed by atoms with Crippen molar-refractivity contribution in [2.75, 3.05) is 20.6 Å². The average molecular weight is 117 g/mol. The fraction of sp³-hybridized carbons (Fsp3) is 1.00. The van der Waals surface area contributed by atoms with Crippen LogP contribution in [-0.4, -0.2) is 31.2 Å². The molecular weight excluding hydrogens is 102 g/mol. The lowest BCUT2D eigenvalue weighted by atomic mass is 10.2. The predicted octanol–water partition coefficient (Wildman–Crippen LogP) is -0.818. The second-order valence-electron chi connectivity index (χ2n) is 2.46. The van der Waals surface area contributed by atoms with Crippen molar-refractivity contribution in [2.24, 2.45) is 11.5 Å². The number of rotatable bonds is 2. The van der Waals surface area contributed by atoms with Gasteiger partial charge in [-0.25, -0.2) is 0 Å². The first-order chi connectivity index (χ1) is 3.50. The molecule has 0 rings (SSSR count). The van der Waals surface area contributed by atoms with E-state index in [1.165, 1.54) is 0 Å². The smallest absolute Gasteiger partial charge is 0.0779 e. The molecular formula is C5H15N3. The molecule has 0 saturated heterocycles. The normalized spacial score (nSPS) is 18.8. The fourth-order valence-corrected chi connectivity index (χ4v) is 0.183. The minimum atomic E-state index is -0.347. The van der Waals surface area contributed by atoms with Crippen LogP contribution in [0, 0.1) is 0 Å². The van der Waals surface area contributed by atoms with Gasteiger partial charge in [0.1, 0.15) is 0 Å². The van der Waals surface area contributed by atoms with Crippen molar-refractivity contribution in [3.63, 3.8) is 0 Å². The summed E-state index contributed by atoms with van der Waals surface area (Å²) in [5.74, 6) is 0. The predicted molar refractivity (Wildman–Crippen MR) is 35.3 cm³/mol. The van der Waals surface area contributed by atoms with Crippen LogP contribution in [0.4, 0.5) is 0 Å². The molecule has 0 aliphatic rings. The molecule has 0 heterocycles. The van der Waals surface area contributed by atoms with Crippen LogP contribution >= 0.6 is 0 Å². The molecule has 50 valence electrons. The Labute approximate surface area is 50.6 Å². The van der Waals surface area contributed by atoms with Gasteiger partial charge in [-0.2, -0.15) is 0 Å². The van der Waals surface area contributed by atoms with Gasteiger partial charge in [-0.05, 0) is 21.0 Å². The summed E-state index contributed by atoms with van der Waals surface area (Å²) in [6.07, 6.45) is 0. The van der Waals surface area contributed by atoms with Crippen molar-refractivity contribution in [3.8, 4) is 0 Å². The molecule has 8 heavy (non-hydrogen) atoms. The molecule has 0 radical (unpaired) electrons. The second kappa shape index (κ2) is 2.44. The first-order valence-electron chi connectivity index (χ1n) is 2.67. The molecule has 0 aliphatic heterocycles. The molecule has 0 bridgehead atoms. The lowest BCUT2D eigenvalue weighted by Crippen LogP contribution is -2.55. The quantitative estimate of drug-likeness (QED) is 0.465. The van der Waals surface area contributed by atoms with E-state index in [0.717, 1.165) is 0 Å². The molecule has 0 aliphatic carbocycles. The van der Waals surface area contributed by atoms with Crippen LogP contribution in [0.5, 0.6) is 0 Å². The van der Waals surface area contributed by atoms with Crippen LogP contribution in [0.3, 0.4) is 0 Å². The third-order valence-electron chi connectivity index (χ3n) is 1.43. The van der Waals surface area contributed by atoms with Gasteiger partial charge in [-0.15, -0.1) is 0 Å². The number of hydrogen-bond acceptors (Lipinski definition) is 3. The van der Waals surface area contributed by atoms with Crippen LogP contribution in [0.25, 0.3) is 0 Å². The lowest BCUT2D eigenvalue weighted by molar-refractivity contribution is 0.189. The van der Waals surface area contributed by atoms with E-state index in [1.54, 1.807) is 0 Å². The SMILES string of the molecule is CN(C)C(C)(N)CN. The van der Waals surface area contributed by atoms with Gasteiger partial charge in [-0.3, -0.25) is 4.90 Å². The number of nitrogens with zero attached hydrogens (tertiary/aromatic N) is 1. The van der Waals surface area contributed by atoms with Gasteiger partial charge in [0.25, 0.3) is 0 Å². The van der Waals surface area contributed by atoms with E-state index in [1.807, 2.05) is 25.9 Å². The Kier molecular flexibility index (Phi) is 2.40. The number of likely N-dealkylation sites (N-methyl/N-ethyl adjacent to an activating group) is 1. The van der Waals surface area contributed by atoms with Crippen LogP contribution in [0.15, 0.2) is 0 Å². The van der Waals surface area contributed by atoms with Gasteiger partial charge >= 0.3 is 0 Å². The second-order valence-corrected chi connectivity index (χ2v) is 2.46. The third-order valence-corrected chi connectivity index (χ3v) is 1.43. The van der Waals surface area contributed by atoms with Crippen LogP contribution in [0.1, 0.15) is 6.92 Å². The molecule has 0 aromatic rings. The number of hydrogen-bond donors (Lipinski definition) is 2. The zero-order valence-corrected chi connectivity index (χ0v) is 5.81. The van der Waals surface area contributed by atoms with E-state index in [4.69, 9.17) is 11.5 Å². The molecule has 1 unspecified atom stereocenters. The highest BCUT2D eigenvalue weighted by Gasteiger charge is 2.17. The van der Waals surface area contributed by atoms with Gasteiger partial charge < -0.3 is 11.5 Å². The Morgan fingerprint density at radius 1 is 1.50 bits per heavy atom. The summed E-state index contributed by atoms with van der Waals surface area (Å²) in [5, 5.41) is 0. The monoisotopic (exact) mass is 117 g/mol. The molecule has 0 saturated carbocycles. The standard InChI is InChI=1S/C5H15N3/c1-5(7,4-6)8(2)3/h4,6-7H2,1-3H3. The molecule has 0 amide bonds. The molecule has 3 nitrogen and oxygen atoms in total. The van der Waals surface area contributed by atoms with E-state index in [9.17, 15) is 0 Å². The molecule has 0 spiro atoms. The summed E-state index contributed by atoms with van der Waals surface area (Å²) in [6, 6.07) is 0. The van der Waals surface area contributed by atoms with E-state index in [0.29, 0.717) is 6.54 Å². The maximum absolute atomic E-state index is 5.66. The zero-order chi connectivity index (χ0) is 6.78. The Hall–Kier alpha value is -0.120. The van der Waals surface area contributed by atoms with E-state index in [-0.39, 0.29) is 5.66 Å². The summed E-state index contributed by atoms with van der Waals surface area (Å²) in [7, 11) is 3.82. The highest BCUT2D eigenvalue weighted by molar-refractivity contribution is 4.74. The van der Waals surface area contributed by atoms with Crippen molar-refractivity contribution in [3.05, 3.63) is 0 Å². The summed E-state index contributed by atoms with van der Waals surface area (Å²) in [4.78, 5) is 1.90. The summed E-state index contributed by atoms with van der Waals surface area (Å²) < 4.78 is 0. The average Bonchev–Trinajstić information content (AvgIpc) is 1.67. The van der Waals surface area contributed by atoms with Crippen LogP contribution in [-0.2, 0) is 0 Å². The zero-order valence-electron chi connectivity index (χ0n) is 5.81.